The maximum absolute atomic E-state index is 14.2. The van der Waals surface area contributed by atoms with Crippen LogP contribution in [0.25, 0.3) is 0 Å². The minimum Gasteiger partial charge on any atom is -0.314 e. The van der Waals surface area contributed by atoms with Gasteiger partial charge in [-0.25, -0.2) is 8.78 Å². The van der Waals surface area contributed by atoms with Gasteiger partial charge in [-0.1, -0.05) is 12.1 Å². The van der Waals surface area contributed by atoms with Gasteiger partial charge < -0.3 is 4.57 Å². The lowest BCUT2D eigenvalue weighted by Crippen LogP contribution is -2.19. The van der Waals surface area contributed by atoms with E-state index in [-0.39, 0.29) is 30.2 Å². The molecule has 1 aromatic carbocycles. The summed E-state index contributed by atoms with van der Waals surface area (Å²) in [6, 6.07) is 3.76. The van der Waals surface area contributed by atoms with E-state index in [0.717, 1.165) is 6.07 Å². The molecule has 1 aliphatic heterocycles. The van der Waals surface area contributed by atoms with Crippen LogP contribution in [0, 0.1) is 11.6 Å². The molecule has 0 spiro atoms. The Morgan fingerprint density at radius 1 is 1.19 bits per heavy atom. The molecule has 0 saturated heterocycles. The van der Waals surface area contributed by atoms with E-state index in [4.69, 9.17) is 0 Å². The molecule has 0 aliphatic carbocycles. The number of fused-ring (bicyclic) bond motifs is 1. The van der Waals surface area contributed by atoms with Gasteiger partial charge in [-0.15, -0.1) is 10.2 Å². The molecule has 1 radical (unpaired) electrons. The Morgan fingerprint density at radius 3 is 2.65 bits per heavy atom. The van der Waals surface area contributed by atoms with Crippen LogP contribution in [-0.2, 0) is 17.8 Å². The second-order valence-corrected chi connectivity index (χ2v) is 6.34. The van der Waals surface area contributed by atoms with Crippen LogP contribution in [0.2, 0.25) is 0 Å². The predicted octanol–water partition coefficient (Wildman–Crippen LogP) is 3.82. The first-order valence-electron chi connectivity index (χ1n) is 8.07. The molecular formula is C17H15F5N3O. The first-order chi connectivity index (χ1) is 12.3. The Balaban J connectivity index is 2.01. The van der Waals surface area contributed by atoms with Crippen LogP contribution in [0.15, 0.2) is 18.2 Å². The van der Waals surface area contributed by atoms with Crippen LogP contribution < -0.4 is 0 Å². The minimum atomic E-state index is -4.48. The average Bonchev–Trinajstić information content (AvgIpc) is 2.83. The molecule has 1 aliphatic rings. The quantitative estimate of drug-likeness (QED) is 0.767. The molecule has 139 valence electrons. The summed E-state index contributed by atoms with van der Waals surface area (Å²) in [5.74, 6) is -3.07. The number of benzene rings is 1. The smallest absolute Gasteiger partial charge is 0.314 e. The van der Waals surface area contributed by atoms with Gasteiger partial charge in [0.15, 0.2) is 17.9 Å². The Labute approximate surface area is 146 Å². The lowest BCUT2D eigenvalue weighted by atomic mass is 9.90. The van der Waals surface area contributed by atoms with Crippen molar-refractivity contribution in [3.8, 4) is 0 Å². The van der Waals surface area contributed by atoms with Gasteiger partial charge in [0.05, 0.1) is 0 Å². The highest BCUT2D eigenvalue weighted by Gasteiger charge is 2.35. The fourth-order valence-electron chi connectivity index (χ4n) is 3.39. The van der Waals surface area contributed by atoms with E-state index < -0.39 is 36.1 Å². The lowest BCUT2D eigenvalue weighted by Gasteiger charge is -2.18. The van der Waals surface area contributed by atoms with Crippen molar-refractivity contribution in [1.29, 1.82) is 0 Å². The van der Waals surface area contributed by atoms with Crippen LogP contribution in [0.4, 0.5) is 22.0 Å². The molecule has 0 saturated carbocycles. The number of halogens is 5. The number of hydrogen-bond acceptors (Lipinski definition) is 3. The molecule has 2 aromatic rings. The fraction of sp³-hybridized carbons (Fsp3) is 0.471. The van der Waals surface area contributed by atoms with Crippen molar-refractivity contribution >= 4 is 6.29 Å². The second-order valence-electron chi connectivity index (χ2n) is 6.34. The van der Waals surface area contributed by atoms with Crippen LogP contribution in [0.1, 0.15) is 48.3 Å². The lowest BCUT2D eigenvalue weighted by molar-refractivity contribution is -0.129. The Morgan fingerprint density at radius 2 is 1.96 bits per heavy atom. The van der Waals surface area contributed by atoms with Gasteiger partial charge in [0.2, 0.25) is 0 Å². The number of carbonyl (C=O) groups excluding carboxylic acids is 1. The molecule has 2 atom stereocenters. The highest BCUT2D eigenvalue weighted by Crippen LogP contribution is 2.37. The zero-order chi connectivity index (χ0) is 18.9. The molecule has 3 rings (SSSR count). The normalized spacial score (nSPS) is 20.5. The van der Waals surface area contributed by atoms with E-state index in [1.807, 2.05) is 0 Å². The SMILES string of the molecule is O=[C]C[C@H]1CC[C@@H](c2cccc(F)c2F)Cn2c(CC(F)(F)F)nnc21. The standard InChI is InChI=1S/C17H15F5N3O/c18-13-3-1-2-12(15(13)19)11-5-4-10(6-7-26)16-24-23-14(25(16)9-11)8-17(20,21)22/h1-3,10-11H,4-6,8-9H2/t10-,11-/m1/s1. The summed E-state index contributed by atoms with van der Waals surface area (Å²) in [4.78, 5) is 10.8. The highest BCUT2D eigenvalue weighted by atomic mass is 19.4. The first-order valence-corrected chi connectivity index (χ1v) is 8.07. The summed E-state index contributed by atoms with van der Waals surface area (Å²) in [5.41, 5.74) is 0.0957. The summed E-state index contributed by atoms with van der Waals surface area (Å²) in [5, 5.41) is 7.46. The van der Waals surface area contributed by atoms with Crippen molar-refractivity contribution < 1.29 is 26.7 Å². The van der Waals surface area contributed by atoms with Crippen molar-refractivity contribution in [3.05, 3.63) is 47.0 Å². The van der Waals surface area contributed by atoms with Crippen LogP contribution >= 0.6 is 0 Å². The maximum atomic E-state index is 14.2. The largest absolute Gasteiger partial charge is 0.396 e. The molecule has 1 aromatic heterocycles. The molecule has 4 nitrogen and oxygen atoms in total. The number of nitrogens with zero attached hydrogens (tertiary/aromatic N) is 3. The molecule has 9 heteroatoms. The van der Waals surface area contributed by atoms with E-state index >= 15 is 0 Å². The molecule has 0 amide bonds. The topological polar surface area (TPSA) is 47.8 Å². The fourth-order valence-corrected chi connectivity index (χ4v) is 3.39. The van der Waals surface area contributed by atoms with Gasteiger partial charge >= 0.3 is 6.18 Å². The molecule has 0 bridgehead atoms. The van der Waals surface area contributed by atoms with Gasteiger partial charge in [0.25, 0.3) is 0 Å². The summed E-state index contributed by atoms with van der Waals surface area (Å²) in [7, 11) is 0. The molecule has 2 heterocycles. The highest BCUT2D eigenvalue weighted by molar-refractivity contribution is 5.52. The zero-order valence-electron chi connectivity index (χ0n) is 13.6. The second kappa shape index (κ2) is 7.13. The van der Waals surface area contributed by atoms with Crippen molar-refractivity contribution in [2.45, 2.75) is 50.2 Å². The Kier molecular flexibility index (Phi) is 5.06. The number of hydrogen-bond donors (Lipinski definition) is 0. The molecule has 0 N–H and O–H groups in total. The van der Waals surface area contributed by atoms with Gasteiger partial charge in [0.1, 0.15) is 18.1 Å². The minimum absolute atomic E-state index is 0.0104. The van der Waals surface area contributed by atoms with Gasteiger partial charge in [-0.3, -0.25) is 4.79 Å². The summed E-state index contributed by atoms with van der Waals surface area (Å²) in [6.07, 6.45) is -3.29. The van der Waals surface area contributed by atoms with E-state index in [1.165, 1.54) is 16.7 Å². The van der Waals surface area contributed by atoms with E-state index in [0.29, 0.717) is 12.8 Å². The third-order valence-corrected chi connectivity index (χ3v) is 4.60. The van der Waals surface area contributed by atoms with E-state index in [2.05, 4.69) is 10.2 Å². The van der Waals surface area contributed by atoms with Crippen LogP contribution in [0.3, 0.4) is 0 Å². The monoisotopic (exact) mass is 372 g/mol. The van der Waals surface area contributed by atoms with Crippen molar-refractivity contribution in [2.75, 3.05) is 0 Å². The summed E-state index contributed by atoms with van der Waals surface area (Å²) >= 11 is 0. The third kappa shape index (κ3) is 3.76. The molecule has 0 fully saturated rings. The molecular weight excluding hydrogens is 357 g/mol. The summed E-state index contributed by atoms with van der Waals surface area (Å²) < 4.78 is 67.5. The number of alkyl halides is 3. The van der Waals surface area contributed by atoms with Crippen LogP contribution in [-0.4, -0.2) is 27.2 Å². The number of aromatic nitrogens is 3. The Bertz CT molecular complexity index is 802. The first kappa shape index (κ1) is 18.5. The van der Waals surface area contributed by atoms with Crippen molar-refractivity contribution in [1.82, 2.24) is 14.8 Å². The van der Waals surface area contributed by atoms with Crippen molar-refractivity contribution in [3.63, 3.8) is 0 Å². The molecule has 26 heavy (non-hydrogen) atoms. The zero-order valence-corrected chi connectivity index (χ0v) is 13.6. The Hall–Kier alpha value is -2.32. The average molecular weight is 372 g/mol. The summed E-state index contributed by atoms with van der Waals surface area (Å²) in [6.45, 7) is -0.0104. The van der Waals surface area contributed by atoms with Crippen LogP contribution in [0.5, 0.6) is 0 Å². The van der Waals surface area contributed by atoms with Gasteiger partial charge in [-0.05, 0) is 24.5 Å². The molecule has 0 unspecified atom stereocenters. The van der Waals surface area contributed by atoms with Gasteiger partial charge in [0, 0.05) is 24.8 Å². The third-order valence-electron chi connectivity index (χ3n) is 4.60. The predicted molar refractivity (Wildman–Crippen MR) is 81.2 cm³/mol. The maximum Gasteiger partial charge on any atom is 0.396 e. The number of rotatable bonds is 4. The van der Waals surface area contributed by atoms with Crippen molar-refractivity contribution in [2.24, 2.45) is 0 Å². The van der Waals surface area contributed by atoms with E-state index in [9.17, 15) is 26.7 Å². The van der Waals surface area contributed by atoms with E-state index in [1.54, 1.807) is 6.29 Å². The van der Waals surface area contributed by atoms with Gasteiger partial charge in [-0.2, -0.15) is 13.2 Å².